The summed E-state index contributed by atoms with van der Waals surface area (Å²) in [6.07, 6.45) is 2.08. The Morgan fingerprint density at radius 2 is 1.77 bits per heavy atom. The molecule has 2 heterocycles. The Balaban J connectivity index is 1.65. The minimum absolute atomic E-state index is 0.0573. The molecule has 2 aromatic carbocycles. The van der Waals surface area contributed by atoms with Crippen molar-refractivity contribution >= 4 is 28.9 Å². The molecule has 1 fully saturated rings. The molecule has 9 nitrogen and oxygen atoms in total. The van der Waals surface area contributed by atoms with Crippen molar-refractivity contribution in [3.05, 3.63) is 52.1 Å². The summed E-state index contributed by atoms with van der Waals surface area (Å²) in [7, 11) is 8.82. The van der Waals surface area contributed by atoms with Gasteiger partial charge in [-0.15, -0.1) is 0 Å². The quantitative estimate of drug-likeness (QED) is 0.479. The van der Waals surface area contributed by atoms with Gasteiger partial charge in [-0.25, -0.2) is 0 Å². The normalized spacial score (nSPS) is 15.8. The summed E-state index contributed by atoms with van der Waals surface area (Å²) in [5, 5.41) is 11.5. The number of hydrogen-bond donors (Lipinski definition) is 2. The van der Waals surface area contributed by atoms with Crippen LogP contribution in [0.4, 0.5) is 11.4 Å². The number of ketones is 1. The number of Topliss-reactive ketones (excluding diaryl/α,β-unsaturated/α-hetero) is 1. The van der Waals surface area contributed by atoms with Crippen molar-refractivity contribution in [3.63, 3.8) is 0 Å². The van der Waals surface area contributed by atoms with Gasteiger partial charge in [0.25, 0.3) is 5.91 Å². The second kappa shape index (κ2) is 11.5. The molecule has 0 radical (unpaired) electrons. The number of nitrogens with one attached hydrogen (secondary N) is 2. The third-order valence-electron chi connectivity index (χ3n) is 7.96. The maximum absolute atomic E-state index is 13.8. The van der Waals surface area contributed by atoms with Crippen molar-refractivity contribution in [2.75, 3.05) is 64.8 Å². The zero-order valence-electron chi connectivity index (χ0n) is 25.1. The molecule has 2 aliphatic heterocycles. The number of piperidine rings is 1. The third-order valence-corrected chi connectivity index (χ3v) is 7.96. The average Bonchev–Trinajstić information content (AvgIpc) is 3.24. The van der Waals surface area contributed by atoms with Crippen LogP contribution in [0.2, 0.25) is 0 Å². The highest BCUT2D eigenvalue weighted by atomic mass is 16.5. The predicted octanol–water partition coefficient (Wildman–Crippen LogP) is 4.06. The van der Waals surface area contributed by atoms with Gasteiger partial charge in [0.15, 0.2) is 5.78 Å². The number of carbonyl (C=O) groups is 2. The van der Waals surface area contributed by atoms with Gasteiger partial charge >= 0.3 is 0 Å². The Kier molecular flexibility index (Phi) is 8.44. The van der Waals surface area contributed by atoms with Crippen LogP contribution in [0.15, 0.2) is 24.3 Å². The van der Waals surface area contributed by atoms with Crippen LogP contribution in [0.25, 0.3) is 0 Å². The van der Waals surface area contributed by atoms with Gasteiger partial charge < -0.3 is 29.5 Å². The number of nitrogens with zero attached hydrogens (tertiary/aromatic N) is 3. The van der Waals surface area contributed by atoms with E-state index < -0.39 is 0 Å². The van der Waals surface area contributed by atoms with Gasteiger partial charge in [0.1, 0.15) is 11.6 Å². The third kappa shape index (κ3) is 5.66. The molecule has 2 aromatic rings. The zero-order valence-corrected chi connectivity index (χ0v) is 25.1. The van der Waals surface area contributed by atoms with E-state index in [2.05, 4.69) is 31.0 Å². The van der Waals surface area contributed by atoms with Gasteiger partial charge in [0, 0.05) is 70.3 Å². The maximum atomic E-state index is 13.8. The number of fused-ring (bicyclic) bond motifs is 1. The summed E-state index contributed by atoms with van der Waals surface area (Å²) in [5.41, 5.74) is 5.19. The predicted molar refractivity (Wildman–Crippen MR) is 160 cm³/mol. The molecule has 0 spiro atoms. The summed E-state index contributed by atoms with van der Waals surface area (Å²) in [4.78, 5) is 32.3. The SMILES string of the molecule is CNC(=O)c1cc2c(cc1N(C)C)CN(CC(=O)c1cc(N3CCC(OC)CC3)c(OC)c(C(C)(C)C)c1)C2=N. The fourth-order valence-corrected chi connectivity index (χ4v) is 5.64. The number of carbonyl (C=O) groups excluding carboxylic acids is 2. The summed E-state index contributed by atoms with van der Waals surface area (Å²) in [6.45, 7) is 8.53. The second-order valence-corrected chi connectivity index (χ2v) is 11.9. The van der Waals surface area contributed by atoms with Crippen LogP contribution < -0.4 is 19.9 Å². The lowest BCUT2D eigenvalue weighted by molar-refractivity contribution is 0.0818. The van der Waals surface area contributed by atoms with E-state index in [9.17, 15) is 9.59 Å². The van der Waals surface area contributed by atoms with Crippen LogP contribution >= 0.6 is 0 Å². The number of methoxy groups -OCH3 is 2. The summed E-state index contributed by atoms with van der Waals surface area (Å²) in [5.74, 6) is 0.798. The Labute approximate surface area is 237 Å². The highest BCUT2D eigenvalue weighted by Gasteiger charge is 2.32. The molecule has 0 aromatic heterocycles. The van der Waals surface area contributed by atoms with E-state index in [4.69, 9.17) is 14.9 Å². The van der Waals surface area contributed by atoms with Crippen LogP contribution in [0.3, 0.4) is 0 Å². The van der Waals surface area contributed by atoms with Crippen molar-refractivity contribution in [1.29, 1.82) is 5.41 Å². The lowest BCUT2D eigenvalue weighted by Gasteiger charge is -2.35. The summed E-state index contributed by atoms with van der Waals surface area (Å²) in [6, 6.07) is 7.62. The molecule has 0 aliphatic carbocycles. The fraction of sp³-hybridized carbons (Fsp3) is 0.516. The smallest absolute Gasteiger partial charge is 0.253 e. The van der Waals surface area contributed by atoms with Gasteiger partial charge in [-0.1, -0.05) is 20.8 Å². The average molecular weight is 550 g/mol. The molecular formula is C31H43N5O4. The molecule has 0 saturated carbocycles. The van der Waals surface area contributed by atoms with Crippen molar-refractivity contribution in [2.24, 2.45) is 0 Å². The molecule has 0 unspecified atom stereocenters. The van der Waals surface area contributed by atoms with E-state index in [-0.39, 0.29) is 35.6 Å². The molecule has 40 heavy (non-hydrogen) atoms. The number of hydrogen-bond acceptors (Lipinski definition) is 7. The van der Waals surface area contributed by atoms with E-state index in [1.807, 2.05) is 37.2 Å². The Hall–Kier alpha value is -3.59. The summed E-state index contributed by atoms with van der Waals surface area (Å²) >= 11 is 0. The number of anilines is 2. The Morgan fingerprint density at radius 3 is 2.33 bits per heavy atom. The van der Waals surface area contributed by atoms with Gasteiger partial charge in [-0.05, 0) is 48.1 Å². The molecule has 2 aliphatic rings. The van der Waals surface area contributed by atoms with Crippen LogP contribution in [-0.4, -0.2) is 83.5 Å². The number of rotatable bonds is 8. The number of amides is 1. The van der Waals surface area contributed by atoms with Crippen molar-refractivity contribution in [3.8, 4) is 5.75 Å². The molecule has 216 valence electrons. The molecule has 9 heteroatoms. The number of ether oxygens (including phenoxy) is 2. The first-order valence-corrected chi connectivity index (χ1v) is 13.8. The molecule has 1 saturated heterocycles. The van der Waals surface area contributed by atoms with Gasteiger partial charge in [-0.3, -0.25) is 15.0 Å². The Morgan fingerprint density at radius 1 is 1.10 bits per heavy atom. The first kappa shape index (κ1) is 29.4. The van der Waals surface area contributed by atoms with Crippen LogP contribution in [0, 0.1) is 5.41 Å². The topological polar surface area (TPSA) is 98.2 Å². The highest BCUT2D eigenvalue weighted by Crippen LogP contribution is 2.41. The van der Waals surface area contributed by atoms with Gasteiger partial charge in [-0.2, -0.15) is 0 Å². The van der Waals surface area contributed by atoms with E-state index in [0.29, 0.717) is 23.2 Å². The largest absolute Gasteiger partial charge is 0.494 e. The van der Waals surface area contributed by atoms with Crippen molar-refractivity contribution in [1.82, 2.24) is 10.2 Å². The van der Waals surface area contributed by atoms with E-state index in [0.717, 1.165) is 54.2 Å². The van der Waals surface area contributed by atoms with Crippen molar-refractivity contribution in [2.45, 2.75) is 51.7 Å². The van der Waals surface area contributed by atoms with Gasteiger partial charge in [0.2, 0.25) is 0 Å². The monoisotopic (exact) mass is 549 g/mol. The Bertz CT molecular complexity index is 1310. The lowest BCUT2D eigenvalue weighted by atomic mass is 9.84. The molecular weight excluding hydrogens is 506 g/mol. The highest BCUT2D eigenvalue weighted by molar-refractivity contribution is 6.08. The minimum Gasteiger partial charge on any atom is -0.494 e. The van der Waals surface area contributed by atoms with E-state index in [1.165, 1.54) is 0 Å². The molecule has 0 bridgehead atoms. The van der Waals surface area contributed by atoms with Gasteiger partial charge in [0.05, 0.1) is 31.0 Å². The zero-order chi connectivity index (χ0) is 29.4. The standard InChI is InChI=1S/C31H43N5O4/c1-31(2,3)24-13-19(14-26(28(24)40-8)35-11-9-21(39-7)10-12-35)27(37)18-36-17-20-15-25(34(5)6)23(30(38)33-4)16-22(20)29(36)32/h13-16,21,32H,9-12,17-18H2,1-8H3,(H,33,38). The molecule has 0 atom stereocenters. The first-order valence-electron chi connectivity index (χ1n) is 13.8. The minimum atomic E-state index is -0.239. The molecule has 2 N–H and O–H groups in total. The molecule has 1 amide bonds. The van der Waals surface area contributed by atoms with Crippen molar-refractivity contribution < 1.29 is 19.1 Å². The van der Waals surface area contributed by atoms with E-state index >= 15 is 0 Å². The maximum Gasteiger partial charge on any atom is 0.253 e. The number of amidine groups is 1. The van der Waals surface area contributed by atoms with E-state index in [1.54, 1.807) is 32.2 Å². The van der Waals surface area contributed by atoms with Crippen LogP contribution in [0.1, 0.15) is 71.0 Å². The fourth-order valence-electron chi connectivity index (χ4n) is 5.64. The molecule has 4 rings (SSSR count). The second-order valence-electron chi connectivity index (χ2n) is 11.9. The number of benzene rings is 2. The summed E-state index contributed by atoms with van der Waals surface area (Å²) < 4.78 is 11.5. The van der Waals surface area contributed by atoms with Crippen LogP contribution in [0.5, 0.6) is 5.75 Å². The van der Waals surface area contributed by atoms with Crippen LogP contribution in [-0.2, 0) is 16.7 Å². The lowest BCUT2D eigenvalue weighted by Crippen LogP contribution is -2.37. The first-order chi connectivity index (χ1) is 18.9.